The highest BCUT2D eigenvalue weighted by Gasteiger charge is 2.62. The van der Waals surface area contributed by atoms with Crippen molar-refractivity contribution in [3.05, 3.63) is 48.5 Å². The molecule has 5 rings (SSSR count). The van der Waals surface area contributed by atoms with E-state index in [1.165, 1.54) is 12.8 Å². The molecule has 3 aromatic rings. The molecule has 0 saturated heterocycles. The van der Waals surface area contributed by atoms with Crippen molar-refractivity contribution in [2.45, 2.75) is 46.1 Å². The highest BCUT2D eigenvalue weighted by atomic mass is 31.1. The predicted molar refractivity (Wildman–Crippen MR) is 106 cm³/mol. The van der Waals surface area contributed by atoms with Crippen LogP contribution in [0.15, 0.2) is 56.9 Å². The van der Waals surface area contributed by atoms with Crippen LogP contribution in [0.25, 0.3) is 21.9 Å². The molecule has 0 amide bonds. The Bertz CT molecular complexity index is 964. The van der Waals surface area contributed by atoms with E-state index < -0.39 is 8.24 Å². The molecule has 3 unspecified atom stereocenters. The van der Waals surface area contributed by atoms with Gasteiger partial charge < -0.3 is 8.39 Å². The molecule has 4 heteroatoms. The van der Waals surface area contributed by atoms with Gasteiger partial charge in [0.25, 0.3) is 0 Å². The third kappa shape index (κ3) is 2.23. The van der Waals surface area contributed by atoms with Gasteiger partial charge in [-0.25, -0.2) is 0 Å². The van der Waals surface area contributed by atoms with Crippen LogP contribution in [0.5, 0.6) is 0 Å². The molecule has 0 radical (unpaired) electrons. The Balaban J connectivity index is 1.64. The van der Waals surface area contributed by atoms with Crippen LogP contribution >= 0.6 is 8.24 Å². The lowest BCUT2D eigenvalue weighted by molar-refractivity contribution is 0.0542. The molecule has 3 nitrogen and oxygen atoms in total. The van der Waals surface area contributed by atoms with E-state index in [2.05, 4.69) is 32.9 Å². The van der Waals surface area contributed by atoms with Crippen LogP contribution in [0, 0.1) is 16.7 Å². The summed E-state index contributed by atoms with van der Waals surface area (Å²) in [4.78, 5) is 0. The molecule has 2 aromatic carbocycles. The highest BCUT2D eigenvalue weighted by Crippen LogP contribution is 2.66. The van der Waals surface area contributed by atoms with Crippen LogP contribution < -0.4 is 4.52 Å². The Morgan fingerprint density at radius 1 is 0.923 bits per heavy atom. The van der Waals surface area contributed by atoms with E-state index in [0.29, 0.717) is 5.41 Å². The first-order chi connectivity index (χ1) is 12.5. The number of rotatable bonds is 2. The molecule has 26 heavy (non-hydrogen) atoms. The molecular formula is C22H25O3P. The van der Waals surface area contributed by atoms with Crippen LogP contribution in [0.1, 0.15) is 40.0 Å². The van der Waals surface area contributed by atoms with Crippen LogP contribution in [0.3, 0.4) is 0 Å². The molecule has 1 heterocycles. The lowest BCUT2D eigenvalue weighted by atomic mass is 9.70. The largest absolute Gasteiger partial charge is 0.399 e. The van der Waals surface area contributed by atoms with Crippen LogP contribution in [0.2, 0.25) is 0 Å². The Morgan fingerprint density at radius 2 is 1.50 bits per heavy atom. The summed E-state index contributed by atoms with van der Waals surface area (Å²) in [6, 6.07) is 16.2. The second kappa shape index (κ2) is 5.65. The Morgan fingerprint density at radius 3 is 2.00 bits per heavy atom. The third-order valence-corrected chi connectivity index (χ3v) is 8.46. The summed E-state index contributed by atoms with van der Waals surface area (Å²) in [5.41, 5.74) is 2.19. The SMILES string of the molecule is CC1(C)C2CCC1(C)C(Op1oc3ccccc3c3ccccc3o1)C2. The average molecular weight is 368 g/mol. The summed E-state index contributed by atoms with van der Waals surface area (Å²) in [5, 5.41) is 2.13. The van der Waals surface area contributed by atoms with Crippen molar-refractivity contribution in [1.29, 1.82) is 0 Å². The van der Waals surface area contributed by atoms with Gasteiger partial charge in [-0.05, 0) is 42.7 Å². The maximum atomic E-state index is 6.54. The van der Waals surface area contributed by atoms with Gasteiger partial charge in [0.15, 0.2) is 0 Å². The highest BCUT2D eigenvalue weighted by molar-refractivity contribution is 7.31. The number of benzene rings is 2. The molecule has 2 aliphatic carbocycles. The van der Waals surface area contributed by atoms with E-state index >= 15 is 0 Å². The normalized spacial score (nSPS) is 29.5. The molecule has 1 aromatic heterocycles. The second-order valence-electron chi connectivity index (χ2n) is 8.60. The first kappa shape index (κ1) is 16.5. The van der Waals surface area contributed by atoms with Gasteiger partial charge in [-0.3, -0.25) is 4.52 Å². The van der Waals surface area contributed by atoms with Gasteiger partial charge in [-0.2, -0.15) is 0 Å². The van der Waals surface area contributed by atoms with E-state index in [4.69, 9.17) is 12.9 Å². The molecule has 0 aliphatic heterocycles. The third-order valence-electron chi connectivity index (χ3n) is 7.34. The molecule has 2 fully saturated rings. The molecule has 2 saturated carbocycles. The van der Waals surface area contributed by atoms with Crippen molar-refractivity contribution < 1.29 is 12.9 Å². The summed E-state index contributed by atoms with van der Waals surface area (Å²) in [6.45, 7) is 7.20. The first-order valence-corrected chi connectivity index (χ1v) is 10.6. The Labute approximate surface area is 155 Å². The Kier molecular flexibility index (Phi) is 3.58. The monoisotopic (exact) mass is 368 g/mol. The van der Waals surface area contributed by atoms with E-state index in [-0.39, 0.29) is 11.5 Å². The summed E-state index contributed by atoms with van der Waals surface area (Å²) in [5.74, 6) is 0.735. The van der Waals surface area contributed by atoms with Crippen molar-refractivity contribution >= 4 is 30.2 Å². The van der Waals surface area contributed by atoms with E-state index in [1.807, 2.05) is 36.4 Å². The van der Waals surface area contributed by atoms with Gasteiger partial charge in [-0.15, -0.1) is 0 Å². The molecule has 0 spiro atoms. The fraction of sp³-hybridized carbons (Fsp3) is 0.455. The van der Waals surface area contributed by atoms with Gasteiger partial charge in [0, 0.05) is 16.2 Å². The van der Waals surface area contributed by atoms with Crippen LogP contribution in [-0.2, 0) is 0 Å². The molecule has 2 aliphatic rings. The maximum absolute atomic E-state index is 6.54. The summed E-state index contributed by atoms with van der Waals surface area (Å²) >= 11 is 0. The minimum atomic E-state index is -1.47. The molecule has 3 atom stereocenters. The maximum Gasteiger partial charge on any atom is 0.387 e. The smallest absolute Gasteiger partial charge is 0.387 e. The standard InChI is InChI=1S/C22H25O3P/c1-21(2)15-12-13-22(21,3)20(14-15)25-26-23-18-10-6-4-8-16(18)17-9-5-7-11-19(17)24-26/h4-11,15,20H,12-14H2,1-3H3. The number of para-hydroxylation sites is 2. The van der Waals surface area contributed by atoms with Crippen LogP contribution in [0.4, 0.5) is 0 Å². The summed E-state index contributed by atoms with van der Waals surface area (Å²) < 4.78 is 19.0. The second-order valence-corrected chi connectivity index (χ2v) is 9.63. The molecule has 136 valence electrons. The average Bonchev–Trinajstić information content (AvgIpc) is 2.89. The number of hydrogen-bond acceptors (Lipinski definition) is 3. The van der Waals surface area contributed by atoms with E-state index in [1.54, 1.807) is 0 Å². The fourth-order valence-corrected chi connectivity index (χ4v) is 6.44. The van der Waals surface area contributed by atoms with Crippen molar-refractivity contribution in [3.63, 3.8) is 0 Å². The zero-order valence-electron chi connectivity index (χ0n) is 15.6. The first-order valence-electron chi connectivity index (χ1n) is 9.50. The van der Waals surface area contributed by atoms with E-state index in [0.717, 1.165) is 34.3 Å². The molecular weight excluding hydrogens is 343 g/mol. The van der Waals surface area contributed by atoms with Gasteiger partial charge >= 0.3 is 8.24 Å². The fourth-order valence-electron chi connectivity index (χ4n) is 5.15. The lowest BCUT2D eigenvalue weighted by Crippen LogP contribution is -2.38. The van der Waals surface area contributed by atoms with Crippen molar-refractivity contribution in [1.82, 2.24) is 0 Å². The lowest BCUT2D eigenvalue weighted by Gasteiger charge is -2.37. The minimum Gasteiger partial charge on any atom is -0.399 e. The number of hydrogen-bond donors (Lipinski definition) is 0. The minimum absolute atomic E-state index is 0.193. The zero-order chi connectivity index (χ0) is 17.9. The van der Waals surface area contributed by atoms with Gasteiger partial charge in [0.1, 0.15) is 11.2 Å². The van der Waals surface area contributed by atoms with Gasteiger partial charge in [-0.1, -0.05) is 57.2 Å². The van der Waals surface area contributed by atoms with Crippen molar-refractivity contribution in [2.24, 2.45) is 16.7 Å². The van der Waals surface area contributed by atoms with Crippen molar-refractivity contribution in [2.75, 3.05) is 0 Å². The van der Waals surface area contributed by atoms with Gasteiger partial charge in [0.2, 0.25) is 0 Å². The summed E-state index contributed by atoms with van der Waals surface area (Å²) in [7, 11) is -1.47. The topological polar surface area (TPSA) is 35.5 Å². The quantitative estimate of drug-likeness (QED) is 0.492. The summed E-state index contributed by atoms with van der Waals surface area (Å²) in [6.07, 6.45) is 3.85. The predicted octanol–water partition coefficient (Wildman–Crippen LogP) is 6.93. The van der Waals surface area contributed by atoms with E-state index in [9.17, 15) is 0 Å². The molecule has 0 N–H and O–H groups in total. The zero-order valence-corrected chi connectivity index (χ0v) is 16.5. The molecule has 2 bridgehead atoms. The van der Waals surface area contributed by atoms with Gasteiger partial charge in [0.05, 0.1) is 6.10 Å². The van der Waals surface area contributed by atoms with Crippen molar-refractivity contribution in [3.8, 4) is 0 Å². The number of fused-ring (bicyclic) bond motifs is 5. The van der Waals surface area contributed by atoms with Crippen LogP contribution in [-0.4, -0.2) is 6.10 Å². The Hall–Kier alpha value is -1.70.